The molecule has 0 radical (unpaired) electrons. The lowest BCUT2D eigenvalue weighted by Gasteiger charge is -2.11. The Morgan fingerprint density at radius 3 is 2.67 bits per heavy atom. The number of nitrogens with zero attached hydrogens (tertiary/aromatic N) is 1. The van der Waals surface area contributed by atoms with Crippen LogP contribution in [0.3, 0.4) is 0 Å². The van der Waals surface area contributed by atoms with Gasteiger partial charge in [-0.3, -0.25) is 0 Å². The molecule has 2 aromatic rings. The number of methoxy groups -OCH3 is 2. The van der Waals surface area contributed by atoms with Crippen molar-refractivity contribution in [2.75, 3.05) is 27.4 Å². The molecule has 0 spiro atoms. The topological polar surface area (TPSA) is 92.6 Å². The molecule has 0 aliphatic carbocycles. The van der Waals surface area contributed by atoms with Crippen LogP contribution >= 0.6 is 0 Å². The van der Waals surface area contributed by atoms with Crippen LogP contribution in [-0.2, 0) is 19.1 Å². The Morgan fingerprint density at radius 2 is 1.93 bits per heavy atom. The summed E-state index contributed by atoms with van der Waals surface area (Å²) < 4.78 is 26.1. The van der Waals surface area contributed by atoms with E-state index in [-0.39, 0.29) is 18.2 Å². The fourth-order valence-corrected chi connectivity index (χ4v) is 2.64. The quantitative estimate of drug-likeness (QED) is 0.487. The fourth-order valence-electron chi connectivity index (χ4n) is 2.64. The number of hydrogen-bond donors (Lipinski definition) is 0. The fraction of sp³-hybridized carbons (Fsp3) is 0.227. The third-order valence-corrected chi connectivity index (χ3v) is 4.08. The van der Waals surface area contributed by atoms with Crippen molar-refractivity contribution in [1.29, 1.82) is 0 Å². The molecule has 1 aliphatic rings. The third kappa shape index (κ3) is 4.96. The summed E-state index contributed by atoms with van der Waals surface area (Å²) in [5.74, 6) is 0.590. The van der Waals surface area contributed by atoms with Crippen molar-refractivity contribution in [3.63, 3.8) is 0 Å². The number of aliphatic imine (C=N–C) groups is 1. The predicted molar refractivity (Wildman–Crippen MR) is 109 cm³/mol. The van der Waals surface area contributed by atoms with Gasteiger partial charge in [0.2, 0.25) is 5.90 Å². The maximum Gasteiger partial charge on any atom is 0.363 e. The van der Waals surface area contributed by atoms with Crippen LogP contribution in [0.4, 0.5) is 0 Å². The van der Waals surface area contributed by atoms with Crippen LogP contribution in [0.25, 0.3) is 6.08 Å². The molecule has 0 fully saturated rings. The Morgan fingerprint density at radius 1 is 1.10 bits per heavy atom. The number of benzene rings is 2. The highest BCUT2D eigenvalue weighted by molar-refractivity contribution is 6.13. The zero-order chi connectivity index (χ0) is 21.5. The molecule has 156 valence electrons. The van der Waals surface area contributed by atoms with E-state index in [0.717, 1.165) is 0 Å². The van der Waals surface area contributed by atoms with E-state index in [1.807, 2.05) is 6.92 Å². The second-order valence-electron chi connectivity index (χ2n) is 6.07. The van der Waals surface area contributed by atoms with Gasteiger partial charge in [0.25, 0.3) is 0 Å². The van der Waals surface area contributed by atoms with Gasteiger partial charge in [-0.1, -0.05) is 12.1 Å². The molecule has 30 heavy (non-hydrogen) atoms. The van der Waals surface area contributed by atoms with Crippen LogP contribution < -0.4 is 14.2 Å². The van der Waals surface area contributed by atoms with Crippen molar-refractivity contribution in [3.05, 3.63) is 59.3 Å². The Hall–Kier alpha value is -3.81. The van der Waals surface area contributed by atoms with Crippen molar-refractivity contribution in [3.8, 4) is 17.2 Å². The number of carbonyl (C=O) groups excluding carboxylic acids is 2. The van der Waals surface area contributed by atoms with Gasteiger partial charge in [0.15, 0.2) is 23.8 Å². The molecule has 0 aromatic heterocycles. The summed E-state index contributed by atoms with van der Waals surface area (Å²) in [7, 11) is 2.84. The summed E-state index contributed by atoms with van der Waals surface area (Å²) in [6.45, 7) is 1.99. The highest BCUT2D eigenvalue weighted by atomic mass is 16.6. The summed E-state index contributed by atoms with van der Waals surface area (Å²) in [4.78, 5) is 27.9. The number of esters is 2. The average molecular weight is 411 g/mol. The van der Waals surface area contributed by atoms with Gasteiger partial charge in [-0.15, -0.1) is 0 Å². The van der Waals surface area contributed by atoms with Gasteiger partial charge in [0.05, 0.1) is 20.8 Å². The van der Waals surface area contributed by atoms with Gasteiger partial charge < -0.3 is 23.7 Å². The standard InChI is InChI=1S/C22H21NO7/c1-4-28-19-11-14(8-9-18(19)29-13-20(24)27-3)10-17-22(25)30-21(23-17)15-6-5-7-16(12-15)26-2/h5-12H,4,13H2,1-3H3. The minimum absolute atomic E-state index is 0.151. The van der Waals surface area contributed by atoms with E-state index < -0.39 is 11.9 Å². The molecule has 0 saturated heterocycles. The summed E-state index contributed by atoms with van der Waals surface area (Å²) in [6.07, 6.45) is 1.59. The van der Waals surface area contributed by atoms with E-state index >= 15 is 0 Å². The van der Waals surface area contributed by atoms with Crippen molar-refractivity contribution in [1.82, 2.24) is 0 Å². The molecule has 1 aliphatic heterocycles. The van der Waals surface area contributed by atoms with Crippen LogP contribution in [0.15, 0.2) is 53.2 Å². The number of rotatable bonds is 8. The highest BCUT2D eigenvalue weighted by Crippen LogP contribution is 2.30. The molecule has 0 bridgehead atoms. The molecule has 0 saturated carbocycles. The van der Waals surface area contributed by atoms with E-state index in [1.54, 1.807) is 55.7 Å². The maximum absolute atomic E-state index is 12.3. The Labute approximate surface area is 173 Å². The zero-order valence-electron chi connectivity index (χ0n) is 16.8. The molecule has 8 nitrogen and oxygen atoms in total. The van der Waals surface area contributed by atoms with E-state index in [0.29, 0.717) is 35.0 Å². The van der Waals surface area contributed by atoms with Gasteiger partial charge in [0.1, 0.15) is 5.75 Å². The Kier molecular flexibility index (Phi) is 6.69. The lowest BCUT2D eigenvalue weighted by Crippen LogP contribution is -2.13. The average Bonchev–Trinajstić information content (AvgIpc) is 3.13. The molecule has 0 unspecified atom stereocenters. The molecular weight excluding hydrogens is 390 g/mol. The van der Waals surface area contributed by atoms with Gasteiger partial charge in [0, 0.05) is 5.56 Å². The first-order valence-electron chi connectivity index (χ1n) is 9.17. The smallest absolute Gasteiger partial charge is 0.363 e. The SMILES string of the molecule is CCOc1cc(C=C2N=C(c3cccc(OC)c3)OC2=O)ccc1OCC(=O)OC. The van der Waals surface area contributed by atoms with E-state index in [1.165, 1.54) is 7.11 Å². The highest BCUT2D eigenvalue weighted by Gasteiger charge is 2.24. The minimum atomic E-state index is -0.559. The van der Waals surface area contributed by atoms with E-state index in [9.17, 15) is 9.59 Å². The van der Waals surface area contributed by atoms with Crippen molar-refractivity contribution >= 4 is 23.9 Å². The van der Waals surface area contributed by atoms with Gasteiger partial charge in [-0.05, 0) is 48.9 Å². The first kappa shape index (κ1) is 20.9. The first-order valence-corrected chi connectivity index (χ1v) is 9.17. The van der Waals surface area contributed by atoms with E-state index in [4.69, 9.17) is 18.9 Å². The van der Waals surface area contributed by atoms with Gasteiger partial charge in [-0.2, -0.15) is 0 Å². The second-order valence-corrected chi connectivity index (χ2v) is 6.07. The zero-order valence-corrected chi connectivity index (χ0v) is 16.8. The Bertz CT molecular complexity index is 1010. The summed E-state index contributed by atoms with van der Waals surface area (Å²) in [5, 5.41) is 0. The summed E-state index contributed by atoms with van der Waals surface area (Å²) in [5.41, 5.74) is 1.44. The van der Waals surface area contributed by atoms with Crippen LogP contribution in [0.5, 0.6) is 17.2 Å². The summed E-state index contributed by atoms with van der Waals surface area (Å²) in [6, 6.07) is 12.1. The predicted octanol–water partition coefficient (Wildman–Crippen LogP) is 2.99. The molecule has 3 rings (SSSR count). The van der Waals surface area contributed by atoms with Crippen LogP contribution in [0, 0.1) is 0 Å². The molecule has 0 amide bonds. The van der Waals surface area contributed by atoms with Crippen molar-refractivity contribution in [2.45, 2.75) is 6.92 Å². The lowest BCUT2D eigenvalue weighted by molar-refractivity contribution is -0.143. The first-order chi connectivity index (χ1) is 14.5. The number of hydrogen-bond acceptors (Lipinski definition) is 8. The Balaban J connectivity index is 1.85. The molecule has 1 heterocycles. The van der Waals surface area contributed by atoms with E-state index in [2.05, 4.69) is 9.73 Å². The normalized spacial score (nSPS) is 14.2. The molecule has 8 heteroatoms. The number of ether oxygens (including phenoxy) is 5. The molecule has 2 aromatic carbocycles. The summed E-state index contributed by atoms with van der Waals surface area (Å²) >= 11 is 0. The van der Waals surface area contributed by atoms with Crippen molar-refractivity contribution in [2.24, 2.45) is 4.99 Å². The lowest BCUT2D eigenvalue weighted by atomic mass is 10.1. The maximum atomic E-state index is 12.3. The minimum Gasteiger partial charge on any atom is -0.497 e. The number of carbonyl (C=O) groups is 2. The third-order valence-electron chi connectivity index (χ3n) is 4.08. The van der Waals surface area contributed by atoms with Crippen molar-refractivity contribution < 1.29 is 33.3 Å². The molecule has 0 N–H and O–H groups in total. The van der Waals surface area contributed by atoms with Crippen LogP contribution in [-0.4, -0.2) is 45.3 Å². The van der Waals surface area contributed by atoms with Gasteiger partial charge >= 0.3 is 11.9 Å². The van der Waals surface area contributed by atoms with Crippen LogP contribution in [0.2, 0.25) is 0 Å². The molecular formula is C22H21NO7. The molecule has 0 atom stereocenters. The number of cyclic esters (lactones) is 1. The second kappa shape index (κ2) is 9.60. The van der Waals surface area contributed by atoms with Crippen LogP contribution in [0.1, 0.15) is 18.1 Å². The van der Waals surface area contributed by atoms with Gasteiger partial charge in [-0.25, -0.2) is 14.6 Å². The monoisotopic (exact) mass is 411 g/mol. The largest absolute Gasteiger partial charge is 0.497 e.